The summed E-state index contributed by atoms with van der Waals surface area (Å²) in [4.78, 5) is 9.64. The number of aldehydes is 1. The van der Waals surface area contributed by atoms with Crippen LogP contribution in [0.4, 0.5) is 0 Å². The zero-order valence-electron chi connectivity index (χ0n) is 4.96. The Morgan fingerprint density at radius 2 is 2.38 bits per heavy atom. The van der Waals surface area contributed by atoms with E-state index < -0.39 is 0 Å². The van der Waals surface area contributed by atoms with Crippen molar-refractivity contribution >= 4 is 6.29 Å². The first kappa shape index (κ1) is 7.37. The second kappa shape index (κ2) is 6.37. The lowest BCUT2D eigenvalue weighted by Gasteiger charge is -1.87. The van der Waals surface area contributed by atoms with E-state index >= 15 is 0 Å². The Bertz CT molecular complexity index is 76.6. The van der Waals surface area contributed by atoms with Crippen molar-refractivity contribution in [3.05, 3.63) is 12.2 Å². The fourth-order valence-corrected chi connectivity index (χ4v) is 0.338. The van der Waals surface area contributed by atoms with E-state index in [-0.39, 0.29) is 0 Å². The van der Waals surface area contributed by atoms with Crippen LogP contribution in [-0.2, 0) is 9.53 Å². The molecule has 0 aliphatic rings. The van der Waals surface area contributed by atoms with Gasteiger partial charge in [0, 0.05) is 13.7 Å². The topological polar surface area (TPSA) is 26.3 Å². The molecule has 0 amide bonds. The molecular weight excluding hydrogens is 104 g/mol. The van der Waals surface area contributed by atoms with Crippen molar-refractivity contribution in [2.75, 3.05) is 13.7 Å². The summed E-state index contributed by atoms with van der Waals surface area (Å²) in [6.07, 6.45) is 4.82. The van der Waals surface area contributed by atoms with Gasteiger partial charge in [-0.25, -0.2) is 0 Å². The second-order valence-corrected chi connectivity index (χ2v) is 1.35. The first-order chi connectivity index (χ1) is 3.91. The van der Waals surface area contributed by atoms with Gasteiger partial charge in [-0.1, -0.05) is 6.08 Å². The molecule has 0 aromatic carbocycles. The van der Waals surface area contributed by atoms with Gasteiger partial charge < -0.3 is 4.74 Å². The molecule has 0 spiro atoms. The monoisotopic (exact) mass is 114 g/mol. The molecule has 0 aliphatic carbocycles. The molecule has 0 fully saturated rings. The fourth-order valence-electron chi connectivity index (χ4n) is 0.338. The van der Waals surface area contributed by atoms with Crippen molar-refractivity contribution in [1.29, 1.82) is 0 Å². The Morgan fingerprint density at radius 3 is 2.88 bits per heavy atom. The number of rotatable bonds is 4. The van der Waals surface area contributed by atoms with Crippen LogP contribution in [0, 0.1) is 0 Å². The van der Waals surface area contributed by atoms with Crippen LogP contribution in [0.15, 0.2) is 12.2 Å². The minimum Gasteiger partial charge on any atom is -0.384 e. The first-order valence-electron chi connectivity index (χ1n) is 2.51. The Hall–Kier alpha value is -0.630. The maximum Gasteiger partial charge on any atom is 0.142 e. The van der Waals surface area contributed by atoms with Gasteiger partial charge in [0.15, 0.2) is 0 Å². The molecule has 0 rings (SSSR count). The average molecular weight is 114 g/mol. The van der Waals surface area contributed by atoms with E-state index in [4.69, 9.17) is 4.74 Å². The Balaban J connectivity index is 2.91. The minimum absolute atomic E-state index is 0.685. The summed E-state index contributed by atoms with van der Waals surface area (Å²) < 4.78 is 4.72. The maximum absolute atomic E-state index is 9.64. The summed E-state index contributed by atoms with van der Waals surface area (Å²) in [5.74, 6) is 0. The van der Waals surface area contributed by atoms with Crippen LogP contribution in [0.25, 0.3) is 0 Å². The van der Waals surface area contributed by atoms with E-state index in [1.807, 2.05) is 0 Å². The van der Waals surface area contributed by atoms with Gasteiger partial charge in [-0.3, -0.25) is 4.79 Å². The van der Waals surface area contributed by atoms with Crippen LogP contribution < -0.4 is 0 Å². The van der Waals surface area contributed by atoms with Crippen molar-refractivity contribution in [3.63, 3.8) is 0 Å². The predicted octanol–water partition coefficient (Wildman–Crippen LogP) is 0.778. The van der Waals surface area contributed by atoms with Gasteiger partial charge in [0.05, 0.1) is 0 Å². The zero-order valence-corrected chi connectivity index (χ0v) is 4.96. The number of carbonyl (C=O) groups excluding carboxylic acids is 1. The van der Waals surface area contributed by atoms with Gasteiger partial charge >= 0.3 is 0 Å². The van der Waals surface area contributed by atoms with Crippen molar-refractivity contribution in [1.82, 2.24) is 0 Å². The second-order valence-electron chi connectivity index (χ2n) is 1.35. The maximum atomic E-state index is 9.64. The molecule has 0 unspecified atom stereocenters. The van der Waals surface area contributed by atoms with Gasteiger partial charge in [-0.15, -0.1) is 0 Å². The number of ether oxygens (including phenoxy) is 1. The highest BCUT2D eigenvalue weighted by molar-refractivity contribution is 5.64. The van der Waals surface area contributed by atoms with Crippen LogP contribution in [0.3, 0.4) is 0 Å². The number of hydrogen-bond donors (Lipinski definition) is 0. The Labute approximate surface area is 49.1 Å². The van der Waals surface area contributed by atoms with Crippen molar-refractivity contribution in [2.24, 2.45) is 0 Å². The summed E-state index contributed by atoms with van der Waals surface area (Å²) in [7, 11) is 1.63. The first-order valence-corrected chi connectivity index (χ1v) is 2.51. The van der Waals surface area contributed by atoms with Gasteiger partial charge in [-0.05, 0) is 12.5 Å². The van der Waals surface area contributed by atoms with E-state index in [1.54, 1.807) is 13.2 Å². The highest BCUT2D eigenvalue weighted by atomic mass is 16.5. The highest BCUT2D eigenvalue weighted by Crippen LogP contribution is 1.79. The third-order valence-corrected chi connectivity index (χ3v) is 0.703. The molecule has 0 saturated heterocycles. The van der Waals surface area contributed by atoms with Crippen molar-refractivity contribution in [3.8, 4) is 0 Å². The Kier molecular flexibility index (Phi) is 5.87. The van der Waals surface area contributed by atoms with E-state index in [0.717, 1.165) is 12.7 Å². The van der Waals surface area contributed by atoms with E-state index in [2.05, 4.69) is 0 Å². The summed E-state index contributed by atoms with van der Waals surface area (Å²) in [5, 5.41) is 0. The SMILES string of the molecule is COCCC=CC=O. The van der Waals surface area contributed by atoms with Gasteiger partial charge in [0.2, 0.25) is 0 Å². The van der Waals surface area contributed by atoms with Crippen LogP contribution in [-0.4, -0.2) is 20.0 Å². The lowest BCUT2D eigenvalue weighted by molar-refractivity contribution is -0.104. The lowest BCUT2D eigenvalue weighted by atomic mass is 10.4. The van der Waals surface area contributed by atoms with Crippen molar-refractivity contribution < 1.29 is 9.53 Å². The molecule has 0 heterocycles. The molecular formula is C6H10O2. The highest BCUT2D eigenvalue weighted by Gasteiger charge is 1.73. The third kappa shape index (κ3) is 5.37. The minimum atomic E-state index is 0.685. The molecule has 46 valence electrons. The number of carbonyl (C=O) groups is 1. The van der Waals surface area contributed by atoms with Crippen molar-refractivity contribution in [2.45, 2.75) is 6.42 Å². The molecule has 0 saturated carbocycles. The molecule has 0 aromatic heterocycles. The zero-order chi connectivity index (χ0) is 6.24. The fraction of sp³-hybridized carbons (Fsp3) is 0.500. The molecule has 0 aliphatic heterocycles. The van der Waals surface area contributed by atoms with E-state index in [1.165, 1.54) is 6.08 Å². The Morgan fingerprint density at radius 1 is 1.62 bits per heavy atom. The summed E-state index contributed by atoms with van der Waals surface area (Å²) >= 11 is 0. The number of allylic oxidation sites excluding steroid dienone is 1. The van der Waals surface area contributed by atoms with Crippen LogP contribution in [0.1, 0.15) is 6.42 Å². The molecule has 2 nitrogen and oxygen atoms in total. The molecule has 0 bridgehead atoms. The third-order valence-electron chi connectivity index (χ3n) is 0.703. The molecule has 0 atom stereocenters. The van der Waals surface area contributed by atoms with Crippen LogP contribution in [0.5, 0.6) is 0 Å². The van der Waals surface area contributed by atoms with E-state index in [9.17, 15) is 4.79 Å². The molecule has 8 heavy (non-hydrogen) atoms. The molecule has 0 aromatic rings. The number of methoxy groups -OCH3 is 1. The predicted molar refractivity (Wildman–Crippen MR) is 31.7 cm³/mol. The van der Waals surface area contributed by atoms with Crippen LogP contribution >= 0.6 is 0 Å². The number of hydrogen-bond acceptors (Lipinski definition) is 2. The average Bonchev–Trinajstić information content (AvgIpc) is 1.81. The van der Waals surface area contributed by atoms with Gasteiger partial charge in [0.1, 0.15) is 6.29 Å². The lowest BCUT2D eigenvalue weighted by Crippen LogP contribution is -1.83. The van der Waals surface area contributed by atoms with Gasteiger partial charge in [-0.2, -0.15) is 0 Å². The molecule has 0 radical (unpaired) electrons. The summed E-state index contributed by atoms with van der Waals surface area (Å²) in [6, 6.07) is 0. The van der Waals surface area contributed by atoms with E-state index in [0.29, 0.717) is 6.61 Å². The van der Waals surface area contributed by atoms with Crippen LogP contribution in [0.2, 0.25) is 0 Å². The summed E-state index contributed by atoms with van der Waals surface area (Å²) in [5.41, 5.74) is 0. The smallest absolute Gasteiger partial charge is 0.142 e. The normalized spacial score (nSPS) is 10.1. The summed E-state index contributed by atoms with van der Waals surface area (Å²) in [6.45, 7) is 0.685. The van der Waals surface area contributed by atoms with Gasteiger partial charge in [0.25, 0.3) is 0 Å². The molecule has 0 N–H and O–H groups in total. The largest absolute Gasteiger partial charge is 0.384 e. The molecule has 2 heteroatoms. The standard InChI is InChI=1S/C6H10O2/c1-8-6-4-2-3-5-7/h2-3,5H,4,6H2,1H3. The quantitative estimate of drug-likeness (QED) is 0.306.